The van der Waals surface area contributed by atoms with Crippen LogP contribution in [0.4, 0.5) is 4.79 Å². The van der Waals surface area contributed by atoms with Crippen LogP contribution in [0.3, 0.4) is 0 Å². The van der Waals surface area contributed by atoms with Crippen LogP contribution < -0.4 is 0 Å². The van der Waals surface area contributed by atoms with E-state index in [0.29, 0.717) is 51.1 Å². The Kier molecular flexibility index (Phi) is 8.05. The van der Waals surface area contributed by atoms with Crippen LogP contribution in [0.25, 0.3) is 0 Å². The number of furan rings is 1. The maximum atomic E-state index is 13.0. The van der Waals surface area contributed by atoms with E-state index in [9.17, 15) is 9.59 Å². The van der Waals surface area contributed by atoms with E-state index in [1.165, 1.54) is 37.7 Å². The van der Waals surface area contributed by atoms with Gasteiger partial charge in [0.2, 0.25) is 0 Å². The summed E-state index contributed by atoms with van der Waals surface area (Å²) in [5, 5.41) is 0. The van der Waals surface area contributed by atoms with Crippen molar-refractivity contribution in [2.45, 2.75) is 58.2 Å². The summed E-state index contributed by atoms with van der Waals surface area (Å²) in [4.78, 5) is 30.8. The molecule has 1 aromatic heterocycles. The second kappa shape index (κ2) is 11.4. The second-order valence-electron chi connectivity index (χ2n) is 8.93. The highest BCUT2D eigenvalue weighted by Crippen LogP contribution is 2.26. The molecule has 0 unspecified atom stereocenters. The number of hydrogen-bond acceptors (Lipinski definition) is 5. The largest absolute Gasteiger partial charge is 0.455 e. The van der Waals surface area contributed by atoms with Crippen molar-refractivity contribution < 1.29 is 18.7 Å². The van der Waals surface area contributed by atoms with Gasteiger partial charge in [-0.3, -0.25) is 9.69 Å². The number of carbonyl (C=O) groups is 2. The van der Waals surface area contributed by atoms with E-state index < -0.39 is 0 Å². The van der Waals surface area contributed by atoms with Crippen LogP contribution >= 0.6 is 0 Å². The lowest BCUT2D eigenvalue weighted by molar-refractivity contribution is 0.0542. The Bertz CT molecular complexity index is 899. The molecular weight excluding hydrogens is 418 g/mol. The van der Waals surface area contributed by atoms with Gasteiger partial charge in [-0.1, -0.05) is 49.6 Å². The van der Waals surface area contributed by atoms with Crippen LogP contribution in [-0.2, 0) is 17.8 Å². The molecule has 33 heavy (non-hydrogen) atoms. The number of carbonyl (C=O) groups excluding carboxylic acids is 2. The Hall–Kier alpha value is -2.80. The SMILES string of the molecule is CCOC(=O)N1CCN(C(=O)c2ccc(CN(Cc3ccccc3)C3CCCCC3)o2)CC1. The predicted octanol–water partition coefficient (Wildman–Crippen LogP) is 4.53. The number of hydrogen-bond donors (Lipinski definition) is 0. The molecule has 4 rings (SSSR count). The fraction of sp³-hybridized carbons (Fsp3) is 0.538. The maximum absolute atomic E-state index is 13.0. The summed E-state index contributed by atoms with van der Waals surface area (Å²) in [6, 6.07) is 14.8. The summed E-state index contributed by atoms with van der Waals surface area (Å²) in [6.07, 6.45) is 5.98. The Morgan fingerprint density at radius 1 is 0.939 bits per heavy atom. The summed E-state index contributed by atoms with van der Waals surface area (Å²) < 4.78 is 11.1. The summed E-state index contributed by atoms with van der Waals surface area (Å²) in [6.45, 7) is 5.65. The molecule has 1 aliphatic carbocycles. The van der Waals surface area contributed by atoms with Crippen molar-refractivity contribution in [3.63, 3.8) is 0 Å². The molecule has 1 aromatic carbocycles. The van der Waals surface area contributed by atoms with Crippen LogP contribution in [0.15, 0.2) is 46.9 Å². The molecule has 0 radical (unpaired) electrons. The lowest BCUT2D eigenvalue weighted by Crippen LogP contribution is -2.50. The van der Waals surface area contributed by atoms with Gasteiger partial charge in [0, 0.05) is 38.8 Å². The van der Waals surface area contributed by atoms with Crippen LogP contribution in [-0.4, -0.2) is 65.5 Å². The first kappa shape index (κ1) is 23.4. The van der Waals surface area contributed by atoms with Gasteiger partial charge in [-0.05, 0) is 37.5 Å². The molecule has 1 saturated carbocycles. The van der Waals surface area contributed by atoms with Crippen LogP contribution in [0.1, 0.15) is 60.9 Å². The van der Waals surface area contributed by atoms with Gasteiger partial charge in [0.1, 0.15) is 5.76 Å². The molecule has 1 saturated heterocycles. The third kappa shape index (κ3) is 6.16. The van der Waals surface area contributed by atoms with Crippen molar-refractivity contribution in [1.29, 1.82) is 0 Å². The van der Waals surface area contributed by atoms with Crippen LogP contribution in [0, 0.1) is 0 Å². The number of rotatable bonds is 7. The average molecular weight is 454 g/mol. The molecule has 7 heteroatoms. The number of ether oxygens (including phenoxy) is 1. The molecule has 2 aromatic rings. The van der Waals surface area contributed by atoms with Gasteiger partial charge in [0.15, 0.2) is 5.76 Å². The Morgan fingerprint density at radius 2 is 1.64 bits per heavy atom. The van der Waals surface area contributed by atoms with Gasteiger partial charge in [-0.15, -0.1) is 0 Å². The molecule has 2 amide bonds. The molecule has 2 fully saturated rings. The van der Waals surface area contributed by atoms with Gasteiger partial charge >= 0.3 is 6.09 Å². The minimum atomic E-state index is -0.314. The molecule has 178 valence electrons. The van der Waals surface area contributed by atoms with Gasteiger partial charge in [-0.2, -0.15) is 0 Å². The summed E-state index contributed by atoms with van der Waals surface area (Å²) >= 11 is 0. The number of benzene rings is 1. The molecule has 0 spiro atoms. The van der Waals surface area contributed by atoms with Crippen LogP contribution in [0.2, 0.25) is 0 Å². The smallest absolute Gasteiger partial charge is 0.409 e. The van der Waals surface area contributed by atoms with Gasteiger partial charge in [-0.25, -0.2) is 4.79 Å². The molecule has 1 aliphatic heterocycles. The zero-order chi connectivity index (χ0) is 23.0. The quantitative estimate of drug-likeness (QED) is 0.616. The van der Waals surface area contributed by atoms with Crippen molar-refractivity contribution in [1.82, 2.24) is 14.7 Å². The van der Waals surface area contributed by atoms with Crippen molar-refractivity contribution in [3.05, 3.63) is 59.5 Å². The first-order chi connectivity index (χ1) is 16.1. The molecule has 2 aliphatic rings. The summed E-state index contributed by atoms with van der Waals surface area (Å²) in [5.41, 5.74) is 1.30. The first-order valence-corrected chi connectivity index (χ1v) is 12.2. The highest BCUT2D eigenvalue weighted by atomic mass is 16.6. The minimum Gasteiger partial charge on any atom is -0.455 e. The molecular formula is C26H35N3O4. The van der Waals surface area contributed by atoms with Gasteiger partial charge in [0.25, 0.3) is 5.91 Å². The standard InChI is InChI=1S/C26H35N3O4/c1-2-32-26(31)28-17-15-27(16-18-28)25(30)24-14-13-23(33-24)20-29(22-11-7-4-8-12-22)19-21-9-5-3-6-10-21/h3,5-6,9-10,13-14,22H,2,4,7-8,11-12,15-20H2,1H3. The van der Waals surface area contributed by atoms with Gasteiger partial charge < -0.3 is 19.0 Å². The normalized spacial score (nSPS) is 17.4. The maximum Gasteiger partial charge on any atom is 0.409 e. The fourth-order valence-electron chi connectivity index (χ4n) is 4.82. The highest BCUT2D eigenvalue weighted by molar-refractivity contribution is 5.91. The van der Waals surface area contributed by atoms with E-state index in [1.54, 1.807) is 22.8 Å². The molecule has 0 bridgehead atoms. The first-order valence-electron chi connectivity index (χ1n) is 12.2. The number of piperazine rings is 1. The lowest BCUT2D eigenvalue weighted by atomic mass is 9.93. The topological polar surface area (TPSA) is 66.2 Å². The third-order valence-corrected chi connectivity index (χ3v) is 6.64. The monoisotopic (exact) mass is 453 g/mol. The van der Waals surface area contributed by atoms with E-state index in [4.69, 9.17) is 9.15 Å². The minimum absolute atomic E-state index is 0.114. The number of nitrogens with zero attached hydrogens (tertiary/aromatic N) is 3. The average Bonchev–Trinajstić information content (AvgIpc) is 3.33. The van der Waals surface area contributed by atoms with E-state index >= 15 is 0 Å². The van der Waals surface area contributed by atoms with Crippen molar-refractivity contribution >= 4 is 12.0 Å². The third-order valence-electron chi connectivity index (χ3n) is 6.64. The molecule has 2 heterocycles. The van der Waals surface area contributed by atoms with Crippen molar-refractivity contribution in [2.75, 3.05) is 32.8 Å². The summed E-state index contributed by atoms with van der Waals surface area (Å²) in [5.74, 6) is 1.08. The molecule has 7 nitrogen and oxygen atoms in total. The zero-order valence-electron chi connectivity index (χ0n) is 19.6. The Labute approximate surface area is 196 Å². The van der Waals surface area contributed by atoms with E-state index in [0.717, 1.165) is 12.3 Å². The van der Waals surface area contributed by atoms with E-state index in [2.05, 4.69) is 29.2 Å². The van der Waals surface area contributed by atoms with E-state index in [-0.39, 0.29) is 12.0 Å². The Balaban J connectivity index is 1.37. The van der Waals surface area contributed by atoms with Crippen molar-refractivity contribution in [3.8, 4) is 0 Å². The van der Waals surface area contributed by atoms with Crippen LogP contribution in [0.5, 0.6) is 0 Å². The second-order valence-corrected chi connectivity index (χ2v) is 8.93. The van der Waals surface area contributed by atoms with E-state index in [1.807, 2.05) is 12.1 Å². The van der Waals surface area contributed by atoms with Crippen molar-refractivity contribution in [2.24, 2.45) is 0 Å². The summed E-state index contributed by atoms with van der Waals surface area (Å²) in [7, 11) is 0. The zero-order valence-corrected chi connectivity index (χ0v) is 19.6. The molecule has 0 atom stereocenters. The Morgan fingerprint density at radius 3 is 2.33 bits per heavy atom. The predicted molar refractivity (Wildman–Crippen MR) is 126 cm³/mol. The lowest BCUT2D eigenvalue weighted by Gasteiger charge is -2.34. The fourth-order valence-corrected chi connectivity index (χ4v) is 4.82. The highest BCUT2D eigenvalue weighted by Gasteiger charge is 2.28. The van der Waals surface area contributed by atoms with Gasteiger partial charge in [0.05, 0.1) is 13.2 Å². The molecule has 0 N–H and O–H groups in total. The number of amides is 2.